The molecular weight excluding hydrogens is 367 g/mol. The Hall–Kier alpha value is -1.81. The molecule has 1 unspecified atom stereocenters. The molecule has 134 valence electrons. The summed E-state index contributed by atoms with van der Waals surface area (Å²) in [4.78, 5) is 0.121. The highest BCUT2D eigenvalue weighted by molar-refractivity contribution is 7.89. The van der Waals surface area contributed by atoms with E-state index in [4.69, 9.17) is 0 Å². The van der Waals surface area contributed by atoms with E-state index in [1.165, 1.54) is 28.6 Å². The van der Waals surface area contributed by atoms with Crippen LogP contribution >= 0.6 is 0 Å². The molecule has 0 aromatic heterocycles. The summed E-state index contributed by atoms with van der Waals surface area (Å²) in [7, 11) is -7.48. The van der Waals surface area contributed by atoms with Gasteiger partial charge in [-0.05, 0) is 42.8 Å². The summed E-state index contributed by atoms with van der Waals surface area (Å²) in [6.07, 6.45) is 0.368. The summed E-state index contributed by atoms with van der Waals surface area (Å²) >= 11 is 0. The van der Waals surface area contributed by atoms with Crippen LogP contribution < -0.4 is 4.72 Å². The fourth-order valence-electron chi connectivity index (χ4n) is 2.69. The van der Waals surface area contributed by atoms with Crippen molar-refractivity contribution in [3.8, 4) is 0 Å². The lowest BCUT2D eigenvalue weighted by atomic mass is 10.3. The maximum absolute atomic E-state index is 13.0. The predicted molar refractivity (Wildman–Crippen MR) is 90.3 cm³/mol. The zero-order valence-corrected chi connectivity index (χ0v) is 14.8. The predicted octanol–water partition coefficient (Wildman–Crippen LogP) is 1.57. The molecule has 0 saturated carbocycles. The van der Waals surface area contributed by atoms with Gasteiger partial charge >= 0.3 is 0 Å². The highest BCUT2D eigenvalue weighted by atomic mass is 32.2. The topological polar surface area (TPSA) is 83.6 Å². The summed E-state index contributed by atoms with van der Waals surface area (Å²) in [6.45, 7) is 0.230. The Morgan fingerprint density at radius 3 is 2.20 bits per heavy atom. The average molecular weight is 384 g/mol. The van der Waals surface area contributed by atoms with Crippen LogP contribution in [0.5, 0.6) is 0 Å². The van der Waals surface area contributed by atoms with Gasteiger partial charge in [-0.25, -0.2) is 25.9 Å². The average Bonchev–Trinajstić information content (AvgIpc) is 3.05. The number of rotatable bonds is 5. The Morgan fingerprint density at radius 1 is 0.920 bits per heavy atom. The normalized spacial score (nSPS) is 19.2. The lowest BCUT2D eigenvalue weighted by Crippen LogP contribution is -2.38. The Morgan fingerprint density at radius 2 is 1.56 bits per heavy atom. The van der Waals surface area contributed by atoms with E-state index in [2.05, 4.69) is 4.72 Å². The van der Waals surface area contributed by atoms with E-state index in [9.17, 15) is 21.2 Å². The van der Waals surface area contributed by atoms with Crippen LogP contribution in [-0.4, -0.2) is 40.3 Å². The third-order valence-electron chi connectivity index (χ3n) is 3.98. The van der Waals surface area contributed by atoms with Crippen LogP contribution in [0.2, 0.25) is 0 Å². The maximum Gasteiger partial charge on any atom is 0.243 e. The summed E-state index contributed by atoms with van der Waals surface area (Å²) in [5.74, 6) is -0.520. The van der Waals surface area contributed by atoms with Crippen LogP contribution in [0.15, 0.2) is 64.4 Å². The Balaban J connectivity index is 1.72. The number of nitrogens with zero attached hydrogens (tertiary/aromatic N) is 1. The molecule has 1 fully saturated rings. The van der Waals surface area contributed by atoms with Gasteiger partial charge in [0.2, 0.25) is 20.0 Å². The highest BCUT2D eigenvalue weighted by Gasteiger charge is 2.34. The summed E-state index contributed by atoms with van der Waals surface area (Å²) in [5, 5.41) is 0. The minimum absolute atomic E-state index is 0.0135. The Labute approximate surface area is 146 Å². The van der Waals surface area contributed by atoms with Crippen molar-refractivity contribution in [2.75, 3.05) is 13.1 Å². The molecule has 2 aromatic carbocycles. The maximum atomic E-state index is 13.0. The van der Waals surface area contributed by atoms with E-state index >= 15 is 0 Å². The zero-order valence-electron chi connectivity index (χ0n) is 13.2. The number of sulfonamides is 2. The Bertz CT molecular complexity index is 945. The van der Waals surface area contributed by atoms with E-state index < -0.39 is 31.9 Å². The van der Waals surface area contributed by atoms with Crippen molar-refractivity contribution in [3.05, 3.63) is 60.4 Å². The first kappa shape index (κ1) is 18.0. The first-order valence-corrected chi connectivity index (χ1v) is 10.5. The minimum Gasteiger partial charge on any atom is -0.207 e. The van der Waals surface area contributed by atoms with Crippen LogP contribution in [0.1, 0.15) is 6.42 Å². The van der Waals surface area contributed by atoms with Crippen molar-refractivity contribution in [2.24, 2.45) is 0 Å². The Kier molecular flexibility index (Phi) is 4.92. The number of hydrogen-bond donors (Lipinski definition) is 1. The second-order valence-electron chi connectivity index (χ2n) is 5.74. The third kappa shape index (κ3) is 3.90. The van der Waals surface area contributed by atoms with Crippen LogP contribution in [0.25, 0.3) is 0 Å². The molecule has 1 aliphatic heterocycles. The van der Waals surface area contributed by atoms with Crippen molar-refractivity contribution in [2.45, 2.75) is 22.3 Å². The number of nitrogens with one attached hydrogen (secondary N) is 1. The molecule has 9 heteroatoms. The highest BCUT2D eigenvalue weighted by Crippen LogP contribution is 2.22. The van der Waals surface area contributed by atoms with Gasteiger partial charge in [-0.2, -0.15) is 4.31 Å². The van der Waals surface area contributed by atoms with Crippen LogP contribution in [0.3, 0.4) is 0 Å². The second kappa shape index (κ2) is 6.83. The van der Waals surface area contributed by atoms with Crippen LogP contribution in [0.4, 0.5) is 4.39 Å². The SMILES string of the molecule is O=S(=O)(NC1CCN(S(=O)(=O)c2ccc(F)cc2)C1)c1ccccc1. The molecular formula is C16H17FN2O4S2. The minimum atomic E-state index is -3.78. The first-order chi connectivity index (χ1) is 11.8. The van der Waals surface area contributed by atoms with Gasteiger partial charge in [-0.15, -0.1) is 0 Å². The van der Waals surface area contributed by atoms with Crippen molar-refractivity contribution >= 4 is 20.0 Å². The van der Waals surface area contributed by atoms with Crippen molar-refractivity contribution in [3.63, 3.8) is 0 Å². The first-order valence-electron chi connectivity index (χ1n) is 7.62. The fraction of sp³-hybridized carbons (Fsp3) is 0.250. The smallest absolute Gasteiger partial charge is 0.207 e. The van der Waals surface area contributed by atoms with Gasteiger partial charge in [0.25, 0.3) is 0 Å². The van der Waals surface area contributed by atoms with Gasteiger partial charge < -0.3 is 0 Å². The molecule has 1 saturated heterocycles. The zero-order chi connectivity index (χ0) is 18.1. The molecule has 1 N–H and O–H groups in total. The largest absolute Gasteiger partial charge is 0.243 e. The quantitative estimate of drug-likeness (QED) is 0.848. The van der Waals surface area contributed by atoms with Gasteiger partial charge in [-0.3, -0.25) is 0 Å². The second-order valence-corrected chi connectivity index (χ2v) is 9.39. The summed E-state index contributed by atoms with van der Waals surface area (Å²) in [6, 6.07) is 12.0. The lowest BCUT2D eigenvalue weighted by molar-refractivity contribution is 0.467. The van der Waals surface area contributed by atoms with Gasteiger partial charge in [0, 0.05) is 19.1 Å². The summed E-state index contributed by atoms with van der Waals surface area (Å²) < 4.78 is 66.5. The lowest BCUT2D eigenvalue weighted by Gasteiger charge is -2.17. The molecule has 0 aliphatic carbocycles. The third-order valence-corrected chi connectivity index (χ3v) is 7.39. The van der Waals surface area contributed by atoms with Crippen LogP contribution in [0, 0.1) is 5.82 Å². The fourth-order valence-corrected chi connectivity index (χ4v) is 5.47. The monoisotopic (exact) mass is 384 g/mol. The molecule has 3 rings (SSSR count). The van der Waals surface area contributed by atoms with E-state index in [0.29, 0.717) is 6.42 Å². The van der Waals surface area contributed by atoms with E-state index in [0.717, 1.165) is 12.1 Å². The molecule has 6 nitrogen and oxygen atoms in total. The van der Waals surface area contributed by atoms with E-state index in [1.807, 2.05) is 0 Å². The molecule has 25 heavy (non-hydrogen) atoms. The van der Waals surface area contributed by atoms with Gasteiger partial charge in [0.15, 0.2) is 0 Å². The van der Waals surface area contributed by atoms with Crippen LogP contribution in [-0.2, 0) is 20.0 Å². The summed E-state index contributed by atoms with van der Waals surface area (Å²) in [5.41, 5.74) is 0. The van der Waals surface area contributed by atoms with Gasteiger partial charge in [0.05, 0.1) is 9.79 Å². The number of hydrogen-bond acceptors (Lipinski definition) is 4. The molecule has 2 aromatic rings. The van der Waals surface area contributed by atoms with Crippen molar-refractivity contribution in [1.29, 1.82) is 0 Å². The molecule has 1 aliphatic rings. The molecule has 0 bridgehead atoms. The standard InChI is InChI=1S/C16H17FN2O4S2/c17-13-6-8-16(9-7-13)25(22,23)19-11-10-14(12-19)18-24(20,21)15-4-2-1-3-5-15/h1-9,14,18H,10-12H2. The molecule has 1 heterocycles. The molecule has 0 radical (unpaired) electrons. The van der Waals surface area contributed by atoms with Crippen molar-refractivity contribution < 1.29 is 21.2 Å². The molecule has 0 spiro atoms. The van der Waals surface area contributed by atoms with Crippen molar-refractivity contribution in [1.82, 2.24) is 9.03 Å². The molecule has 1 atom stereocenters. The van der Waals surface area contributed by atoms with E-state index in [-0.39, 0.29) is 22.9 Å². The molecule has 0 amide bonds. The number of halogens is 1. The van der Waals surface area contributed by atoms with E-state index in [1.54, 1.807) is 18.2 Å². The number of benzene rings is 2. The van der Waals surface area contributed by atoms with Gasteiger partial charge in [-0.1, -0.05) is 18.2 Å². The van der Waals surface area contributed by atoms with Gasteiger partial charge in [0.1, 0.15) is 5.82 Å².